The van der Waals surface area contributed by atoms with Crippen molar-refractivity contribution in [3.05, 3.63) is 29.5 Å². The van der Waals surface area contributed by atoms with Crippen molar-refractivity contribution in [2.45, 2.75) is 56.8 Å². The maximum absolute atomic E-state index is 9.28. The van der Waals surface area contributed by atoms with Crippen LogP contribution >= 0.6 is 11.3 Å². The average Bonchev–Trinajstić information content (AvgIpc) is 3.45. The number of fused-ring (bicyclic) bond motifs is 3. The molecule has 0 aromatic carbocycles. The van der Waals surface area contributed by atoms with E-state index < -0.39 is 0 Å². The third kappa shape index (κ3) is 3.71. The minimum Gasteiger partial charge on any atom is -0.391 e. The van der Waals surface area contributed by atoms with E-state index in [0.717, 1.165) is 35.7 Å². The number of nitrogens with zero attached hydrogens (tertiary/aromatic N) is 6. The van der Waals surface area contributed by atoms with Gasteiger partial charge in [0.25, 0.3) is 0 Å². The molecule has 9 nitrogen and oxygen atoms in total. The lowest BCUT2D eigenvalue weighted by Gasteiger charge is -2.39. The molecule has 5 rings (SSSR count). The molecule has 0 spiro atoms. The molecule has 0 aliphatic carbocycles. The molecule has 2 fully saturated rings. The van der Waals surface area contributed by atoms with Crippen LogP contribution in [0.5, 0.6) is 0 Å². The Morgan fingerprint density at radius 2 is 2.10 bits per heavy atom. The highest BCUT2D eigenvalue weighted by molar-refractivity contribution is 7.15. The average molecular weight is 425 g/mol. The van der Waals surface area contributed by atoms with E-state index in [9.17, 15) is 5.11 Å². The minimum atomic E-state index is -0.0236. The van der Waals surface area contributed by atoms with Gasteiger partial charge >= 0.3 is 0 Å². The fourth-order valence-electron chi connectivity index (χ4n) is 4.76. The quantitative estimate of drug-likeness (QED) is 0.530. The van der Waals surface area contributed by atoms with Gasteiger partial charge in [-0.05, 0) is 25.7 Å². The standard InChI is InChI=1S/C20H24N8OS/c21-4-1-6-27-14-2-3-15(27)9-13(8-14)24-17-10-18-22-5-7-28(18)19(25-17)26-20-23-11-16(12-29)30-20/h5,7,10-11,13-15,24,29H,1-3,6,8-9,12H2,(H,23,25,26)/t13-,14-,15+. The van der Waals surface area contributed by atoms with E-state index in [1.807, 2.05) is 16.7 Å². The molecule has 2 aliphatic rings. The molecule has 156 valence electrons. The Morgan fingerprint density at radius 3 is 2.83 bits per heavy atom. The monoisotopic (exact) mass is 424 g/mol. The minimum absolute atomic E-state index is 0.0236. The maximum Gasteiger partial charge on any atom is 0.216 e. The first kappa shape index (κ1) is 19.2. The van der Waals surface area contributed by atoms with Crippen LogP contribution in [0.15, 0.2) is 24.7 Å². The number of anilines is 3. The van der Waals surface area contributed by atoms with Gasteiger partial charge in [-0.25, -0.2) is 9.97 Å². The number of nitrogens with one attached hydrogen (secondary N) is 2. The number of aromatic nitrogens is 4. The summed E-state index contributed by atoms with van der Waals surface area (Å²) >= 11 is 1.40. The predicted octanol–water partition coefficient (Wildman–Crippen LogP) is 2.74. The second-order valence-corrected chi connectivity index (χ2v) is 8.99. The lowest BCUT2D eigenvalue weighted by atomic mass is 9.97. The van der Waals surface area contributed by atoms with Crippen molar-refractivity contribution in [2.24, 2.45) is 0 Å². The number of piperidine rings is 1. The molecule has 0 saturated carbocycles. The fraction of sp³-hybridized carbons (Fsp3) is 0.500. The first-order valence-electron chi connectivity index (χ1n) is 10.3. The second-order valence-electron chi connectivity index (χ2n) is 7.88. The third-order valence-corrected chi connectivity index (χ3v) is 6.93. The van der Waals surface area contributed by atoms with Gasteiger partial charge in [0.15, 0.2) is 5.13 Å². The second kappa shape index (κ2) is 8.18. The molecule has 2 saturated heterocycles. The molecule has 5 heterocycles. The lowest BCUT2D eigenvalue weighted by molar-refractivity contribution is 0.136. The summed E-state index contributed by atoms with van der Waals surface area (Å²) in [7, 11) is 0. The molecule has 0 unspecified atom stereocenters. The van der Waals surface area contributed by atoms with Crippen LogP contribution in [0.4, 0.5) is 16.9 Å². The lowest BCUT2D eigenvalue weighted by Crippen LogP contribution is -2.47. The van der Waals surface area contributed by atoms with Crippen LogP contribution in [0, 0.1) is 11.3 Å². The summed E-state index contributed by atoms with van der Waals surface area (Å²) in [5.74, 6) is 1.44. The molecule has 2 aliphatic heterocycles. The van der Waals surface area contributed by atoms with Gasteiger partial charge in [-0.1, -0.05) is 11.3 Å². The first-order chi connectivity index (χ1) is 14.7. The number of nitriles is 1. The Hall–Kier alpha value is -2.74. The van der Waals surface area contributed by atoms with Gasteiger partial charge in [0.2, 0.25) is 5.95 Å². The molecule has 3 N–H and O–H groups in total. The molecular weight excluding hydrogens is 400 g/mol. The predicted molar refractivity (Wildman–Crippen MR) is 115 cm³/mol. The molecule has 0 amide bonds. The third-order valence-electron chi connectivity index (χ3n) is 6.04. The number of rotatable bonds is 7. The summed E-state index contributed by atoms with van der Waals surface area (Å²) < 4.78 is 1.89. The van der Waals surface area contributed by atoms with E-state index in [4.69, 9.17) is 10.2 Å². The van der Waals surface area contributed by atoms with E-state index in [-0.39, 0.29) is 6.61 Å². The van der Waals surface area contributed by atoms with Gasteiger partial charge in [0, 0.05) is 55.7 Å². The van der Waals surface area contributed by atoms with E-state index in [0.29, 0.717) is 35.6 Å². The number of aliphatic hydroxyl groups excluding tert-OH is 1. The van der Waals surface area contributed by atoms with Gasteiger partial charge < -0.3 is 15.7 Å². The summed E-state index contributed by atoms with van der Waals surface area (Å²) in [6.45, 7) is 0.860. The largest absolute Gasteiger partial charge is 0.391 e. The van der Waals surface area contributed by atoms with Crippen molar-refractivity contribution < 1.29 is 5.11 Å². The zero-order valence-corrected chi connectivity index (χ0v) is 17.3. The van der Waals surface area contributed by atoms with Crippen molar-refractivity contribution in [3.8, 4) is 6.07 Å². The highest BCUT2D eigenvalue weighted by Gasteiger charge is 2.40. The Labute approximate surface area is 178 Å². The highest BCUT2D eigenvalue weighted by atomic mass is 32.1. The van der Waals surface area contributed by atoms with Crippen molar-refractivity contribution in [2.75, 3.05) is 17.2 Å². The summed E-state index contributed by atoms with van der Waals surface area (Å²) in [4.78, 5) is 16.8. The number of imidazole rings is 1. The zero-order chi connectivity index (χ0) is 20.5. The summed E-state index contributed by atoms with van der Waals surface area (Å²) in [6, 6.07) is 5.71. The Kier molecular flexibility index (Phi) is 5.25. The van der Waals surface area contributed by atoms with Gasteiger partial charge in [-0.15, -0.1) is 0 Å². The van der Waals surface area contributed by atoms with Gasteiger partial charge in [0.05, 0.1) is 17.6 Å². The Bertz CT molecular complexity index is 1060. The summed E-state index contributed by atoms with van der Waals surface area (Å²) in [5.41, 5.74) is 0.809. The smallest absolute Gasteiger partial charge is 0.216 e. The van der Waals surface area contributed by atoms with Crippen LogP contribution in [-0.2, 0) is 6.61 Å². The molecule has 3 atom stereocenters. The molecule has 3 aromatic heterocycles. The number of aliphatic hydroxyl groups is 1. The Morgan fingerprint density at radius 1 is 1.27 bits per heavy atom. The zero-order valence-electron chi connectivity index (χ0n) is 16.5. The van der Waals surface area contributed by atoms with Crippen LogP contribution in [0.1, 0.15) is 37.0 Å². The van der Waals surface area contributed by atoms with Gasteiger partial charge in [-0.2, -0.15) is 10.2 Å². The number of thiazole rings is 1. The van der Waals surface area contributed by atoms with Crippen LogP contribution in [0.25, 0.3) is 5.65 Å². The van der Waals surface area contributed by atoms with Gasteiger partial charge in [0.1, 0.15) is 11.5 Å². The van der Waals surface area contributed by atoms with Crippen LogP contribution in [-0.4, -0.2) is 54.0 Å². The van der Waals surface area contributed by atoms with Crippen molar-refractivity contribution in [3.63, 3.8) is 0 Å². The maximum atomic E-state index is 9.28. The summed E-state index contributed by atoms with van der Waals surface area (Å²) in [5, 5.41) is 25.8. The Balaban J connectivity index is 1.33. The van der Waals surface area contributed by atoms with Crippen LogP contribution in [0.3, 0.4) is 0 Å². The van der Waals surface area contributed by atoms with Crippen molar-refractivity contribution in [1.82, 2.24) is 24.3 Å². The highest BCUT2D eigenvalue weighted by Crippen LogP contribution is 2.37. The molecular formula is C20H24N8OS. The topological polar surface area (TPSA) is 114 Å². The fourth-order valence-corrected chi connectivity index (χ4v) is 5.43. The van der Waals surface area contributed by atoms with E-state index in [2.05, 4.69) is 31.6 Å². The van der Waals surface area contributed by atoms with Crippen molar-refractivity contribution in [1.29, 1.82) is 5.26 Å². The van der Waals surface area contributed by atoms with Crippen LogP contribution < -0.4 is 10.6 Å². The molecule has 10 heteroatoms. The number of hydrogen-bond acceptors (Lipinski definition) is 9. The van der Waals surface area contributed by atoms with E-state index in [1.165, 1.54) is 24.2 Å². The molecule has 0 radical (unpaired) electrons. The van der Waals surface area contributed by atoms with Crippen molar-refractivity contribution >= 4 is 33.9 Å². The summed E-state index contributed by atoms with van der Waals surface area (Å²) in [6.07, 6.45) is 10.4. The van der Waals surface area contributed by atoms with E-state index in [1.54, 1.807) is 12.4 Å². The van der Waals surface area contributed by atoms with Crippen LogP contribution in [0.2, 0.25) is 0 Å². The SMILES string of the molecule is N#CCCN1[C@@H]2CC[C@H]1C[C@H](Nc1cc3nccn3c(Nc3ncc(CO)s3)n1)C2. The molecule has 2 bridgehead atoms. The molecule has 3 aromatic rings. The normalized spacial score (nSPS) is 23.5. The first-order valence-corrected chi connectivity index (χ1v) is 11.1. The number of hydrogen-bond donors (Lipinski definition) is 3. The van der Waals surface area contributed by atoms with E-state index >= 15 is 0 Å². The molecule has 30 heavy (non-hydrogen) atoms. The van der Waals surface area contributed by atoms with Gasteiger partial charge in [-0.3, -0.25) is 9.30 Å².